The highest BCUT2D eigenvalue weighted by molar-refractivity contribution is 5.95. The molecule has 140 valence electrons. The predicted octanol–water partition coefficient (Wildman–Crippen LogP) is 2.63. The number of fused-ring (bicyclic) bond motifs is 2. The molecule has 0 atom stereocenters. The van der Waals surface area contributed by atoms with Crippen LogP contribution in [0.3, 0.4) is 0 Å². The molecule has 4 aromatic rings. The molecular formula is C20H18N6O2. The van der Waals surface area contributed by atoms with E-state index in [0.717, 1.165) is 51.1 Å². The Morgan fingerprint density at radius 2 is 1.93 bits per heavy atom. The van der Waals surface area contributed by atoms with Crippen molar-refractivity contribution in [2.45, 2.75) is 13.0 Å². The topological polar surface area (TPSA) is 126 Å². The van der Waals surface area contributed by atoms with Gasteiger partial charge in [-0.05, 0) is 36.3 Å². The van der Waals surface area contributed by atoms with Gasteiger partial charge in [-0.3, -0.25) is 5.10 Å². The Kier molecular flexibility index (Phi) is 3.92. The summed E-state index contributed by atoms with van der Waals surface area (Å²) < 4.78 is 0. The Bertz CT molecular complexity index is 1230. The van der Waals surface area contributed by atoms with E-state index in [1.54, 1.807) is 0 Å². The van der Waals surface area contributed by atoms with E-state index in [0.29, 0.717) is 11.4 Å². The number of aliphatic hydroxyl groups excluding tert-OH is 2. The van der Waals surface area contributed by atoms with Crippen molar-refractivity contribution >= 4 is 23.1 Å². The van der Waals surface area contributed by atoms with Crippen LogP contribution in [0.4, 0.5) is 0 Å². The van der Waals surface area contributed by atoms with E-state index >= 15 is 0 Å². The highest BCUT2D eigenvalue weighted by atomic mass is 16.3. The Balaban J connectivity index is 1.57. The molecule has 0 amide bonds. The Morgan fingerprint density at radius 3 is 2.79 bits per heavy atom. The lowest BCUT2D eigenvalue weighted by atomic mass is 10.1. The first-order valence-corrected chi connectivity index (χ1v) is 8.96. The number of aromatic amines is 3. The number of benzene rings is 1. The highest BCUT2D eigenvalue weighted by Gasteiger charge is 2.16. The van der Waals surface area contributed by atoms with Crippen molar-refractivity contribution < 1.29 is 10.2 Å². The van der Waals surface area contributed by atoms with Crippen LogP contribution in [-0.4, -0.2) is 47.4 Å². The molecule has 0 radical (unpaired) electrons. The largest absolute Gasteiger partial charge is 0.392 e. The number of aliphatic hydroxyl groups is 2. The van der Waals surface area contributed by atoms with Crippen LogP contribution < -0.4 is 0 Å². The zero-order valence-electron chi connectivity index (χ0n) is 14.9. The second-order valence-electron chi connectivity index (χ2n) is 6.73. The molecule has 0 unspecified atom stereocenters. The zero-order chi connectivity index (χ0) is 19.1. The van der Waals surface area contributed by atoms with Crippen molar-refractivity contribution in [1.82, 2.24) is 30.6 Å². The Morgan fingerprint density at radius 1 is 1.00 bits per heavy atom. The first-order valence-electron chi connectivity index (χ1n) is 8.96. The van der Waals surface area contributed by atoms with E-state index in [-0.39, 0.29) is 13.2 Å². The van der Waals surface area contributed by atoms with Crippen molar-refractivity contribution in [3.8, 4) is 22.6 Å². The summed E-state index contributed by atoms with van der Waals surface area (Å²) in [6, 6.07) is 7.91. The summed E-state index contributed by atoms with van der Waals surface area (Å²) in [5.41, 5.74) is 7.59. The van der Waals surface area contributed by atoms with Gasteiger partial charge in [-0.1, -0.05) is 18.2 Å². The molecule has 0 spiro atoms. The van der Waals surface area contributed by atoms with Crippen LogP contribution in [0.15, 0.2) is 35.9 Å². The fourth-order valence-electron chi connectivity index (χ4n) is 3.56. The van der Waals surface area contributed by atoms with Gasteiger partial charge in [0.2, 0.25) is 0 Å². The molecule has 5 N–H and O–H groups in total. The van der Waals surface area contributed by atoms with Gasteiger partial charge in [-0.2, -0.15) is 20.5 Å². The Hall–Kier alpha value is -3.49. The van der Waals surface area contributed by atoms with Gasteiger partial charge in [0.15, 0.2) is 0 Å². The van der Waals surface area contributed by atoms with E-state index in [1.807, 2.05) is 42.5 Å². The van der Waals surface area contributed by atoms with Gasteiger partial charge in [0.05, 0.1) is 24.4 Å². The van der Waals surface area contributed by atoms with Gasteiger partial charge < -0.3 is 15.2 Å². The fourth-order valence-corrected chi connectivity index (χ4v) is 3.56. The number of nitrogens with zero attached hydrogens (tertiary/aromatic N) is 3. The molecule has 1 aliphatic carbocycles. The fraction of sp³-hybridized carbons (Fsp3) is 0.150. The second-order valence-corrected chi connectivity index (χ2v) is 6.73. The molecule has 0 bridgehead atoms. The lowest BCUT2D eigenvalue weighted by Gasteiger charge is -2.00. The quantitative estimate of drug-likeness (QED) is 0.375. The minimum Gasteiger partial charge on any atom is -0.392 e. The number of rotatable bonds is 4. The lowest BCUT2D eigenvalue weighted by Crippen LogP contribution is -1.88. The Labute approximate surface area is 159 Å². The summed E-state index contributed by atoms with van der Waals surface area (Å²) >= 11 is 0. The summed E-state index contributed by atoms with van der Waals surface area (Å²) in [5, 5.41) is 38.0. The standard InChI is InChI=1S/C20H18N6O2/c27-9-11-2-1-3-15-13(6-11)8-17(21-15)20-14-5-4-12(7-16(14)22-24-20)19-18(10-28)23-26-25-19/h1,3-8,21,27-28H,2,9-10H2,(H,22,24)(H,23,25,26). The predicted molar refractivity (Wildman–Crippen MR) is 106 cm³/mol. The van der Waals surface area contributed by atoms with Crippen LogP contribution in [-0.2, 0) is 6.61 Å². The molecular weight excluding hydrogens is 356 g/mol. The van der Waals surface area contributed by atoms with Crippen LogP contribution >= 0.6 is 0 Å². The molecule has 0 saturated carbocycles. The number of H-pyrrole nitrogens is 3. The molecule has 1 aliphatic rings. The van der Waals surface area contributed by atoms with Crippen molar-refractivity contribution in [3.63, 3.8) is 0 Å². The average molecular weight is 374 g/mol. The number of nitrogens with one attached hydrogen (secondary N) is 3. The van der Waals surface area contributed by atoms with Gasteiger partial charge in [0.25, 0.3) is 0 Å². The molecule has 28 heavy (non-hydrogen) atoms. The smallest absolute Gasteiger partial charge is 0.118 e. The van der Waals surface area contributed by atoms with E-state index in [2.05, 4.69) is 30.6 Å². The minimum absolute atomic E-state index is 0.0519. The van der Waals surface area contributed by atoms with E-state index in [4.69, 9.17) is 0 Å². The number of hydrogen-bond acceptors (Lipinski definition) is 5. The maximum absolute atomic E-state index is 9.46. The van der Waals surface area contributed by atoms with Gasteiger partial charge >= 0.3 is 0 Å². The summed E-state index contributed by atoms with van der Waals surface area (Å²) in [6.07, 6.45) is 6.84. The lowest BCUT2D eigenvalue weighted by molar-refractivity contribution is 0.277. The zero-order valence-corrected chi connectivity index (χ0v) is 14.9. The molecule has 8 heteroatoms. The molecule has 0 fully saturated rings. The van der Waals surface area contributed by atoms with E-state index < -0.39 is 0 Å². The van der Waals surface area contributed by atoms with Crippen LogP contribution in [0.25, 0.3) is 45.7 Å². The average Bonchev–Trinajstić information content (AvgIpc) is 3.42. The number of hydrogen-bond donors (Lipinski definition) is 5. The van der Waals surface area contributed by atoms with Gasteiger partial charge in [-0.15, -0.1) is 0 Å². The normalized spacial score (nSPS) is 13.6. The minimum atomic E-state index is -0.178. The SMILES string of the molecule is OCC1=Cc2cc(-c3n[nH]c4cc(-c5n[nH]nc5CO)ccc34)[nH]c2C=CC1. The second kappa shape index (κ2) is 6.59. The summed E-state index contributed by atoms with van der Waals surface area (Å²) in [7, 11) is 0. The number of aromatic nitrogens is 6. The van der Waals surface area contributed by atoms with Crippen molar-refractivity contribution in [2.75, 3.05) is 6.61 Å². The molecule has 3 aromatic heterocycles. The van der Waals surface area contributed by atoms with E-state index in [9.17, 15) is 10.2 Å². The van der Waals surface area contributed by atoms with Gasteiger partial charge in [-0.25, -0.2) is 0 Å². The summed E-state index contributed by atoms with van der Waals surface area (Å²) in [6.45, 7) is -0.126. The van der Waals surface area contributed by atoms with Crippen LogP contribution in [0.5, 0.6) is 0 Å². The van der Waals surface area contributed by atoms with Crippen molar-refractivity contribution in [1.29, 1.82) is 0 Å². The van der Waals surface area contributed by atoms with Gasteiger partial charge in [0.1, 0.15) is 17.1 Å². The molecule has 0 saturated heterocycles. The summed E-state index contributed by atoms with van der Waals surface area (Å²) in [5.74, 6) is 0. The van der Waals surface area contributed by atoms with Crippen LogP contribution in [0.2, 0.25) is 0 Å². The third kappa shape index (κ3) is 2.67. The van der Waals surface area contributed by atoms with E-state index in [1.165, 1.54) is 0 Å². The maximum atomic E-state index is 9.46. The molecule has 3 heterocycles. The monoisotopic (exact) mass is 374 g/mol. The highest BCUT2D eigenvalue weighted by Crippen LogP contribution is 2.32. The summed E-state index contributed by atoms with van der Waals surface area (Å²) in [4.78, 5) is 3.42. The van der Waals surface area contributed by atoms with Crippen molar-refractivity contribution in [3.05, 3.63) is 52.9 Å². The van der Waals surface area contributed by atoms with Crippen molar-refractivity contribution in [2.24, 2.45) is 0 Å². The third-order valence-corrected chi connectivity index (χ3v) is 4.97. The number of allylic oxidation sites excluding steroid dienone is 1. The molecule has 1 aromatic carbocycles. The third-order valence-electron chi connectivity index (χ3n) is 4.97. The maximum Gasteiger partial charge on any atom is 0.118 e. The van der Waals surface area contributed by atoms with Crippen LogP contribution in [0.1, 0.15) is 23.4 Å². The molecule has 0 aliphatic heterocycles. The first kappa shape index (κ1) is 16.7. The molecule has 5 rings (SSSR count). The first-order chi connectivity index (χ1) is 13.8. The van der Waals surface area contributed by atoms with Gasteiger partial charge in [0, 0.05) is 22.2 Å². The van der Waals surface area contributed by atoms with Crippen LogP contribution in [0, 0.1) is 0 Å². The molecule has 8 nitrogen and oxygen atoms in total.